The molecular weight excluding hydrogens is 240 g/mol. The first-order chi connectivity index (χ1) is 9.06. The predicted molar refractivity (Wildman–Crippen MR) is 74.0 cm³/mol. The highest BCUT2D eigenvalue weighted by molar-refractivity contribution is 5.90. The van der Waals surface area contributed by atoms with Gasteiger partial charge >= 0.3 is 0 Å². The molecule has 1 aromatic rings. The number of aromatic nitrogens is 3. The zero-order valence-electron chi connectivity index (χ0n) is 12.1. The molecule has 1 amide bonds. The summed E-state index contributed by atoms with van der Waals surface area (Å²) in [5, 5.41) is 9.81. The van der Waals surface area contributed by atoms with Crippen LogP contribution in [0.2, 0.25) is 0 Å². The summed E-state index contributed by atoms with van der Waals surface area (Å²) in [6.07, 6.45) is 5.65. The Balaban J connectivity index is 1.75. The number of carbonyl (C=O) groups is 1. The average Bonchev–Trinajstić information content (AvgIpc) is 3.06. The molecule has 0 bridgehead atoms. The van der Waals surface area contributed by atoms with Gasteiger partial charge in [-0.25, -0.2) is 4.98 Å². The van der Waals surface area contributed by atoms with Crippen LogP contribution in [0.1, 0.15) is 75.2 Å². The highest BCUT2D eigenvalue weighted by Crippen LogP contribution is 2.37. The summed E-state index contributed by atoms with van der Waals surface area (Å²) in [5.41, 5.74) is 0. The summed E-state index contributed by atoms with van der Waals surface area (Å²) < 4.78 is 0. The molecule has 1 aliphatic carbocycles. The van der Waals surface area contributed by atoms with Gasteiger partial charge in [0.05, 0.1) is 0 Å². The molecule has 1 aromatic heterocycles. The molecular formula is C14H24N4O. The monoisotopic (exact) mass is 264 g/mol. The summed E-state index contributed by atoms with van der Waals surface area (Å²) >= 11 is 0. The minimum Gasteiger partial charge on any atom is -0.347 e. The molecule has 5 heteroatoms. The van der Waals surface area contributed by atoms with E-state index in [9.17, 15) is 4.79 Å². The van der Waals surface area contributed by atoms with Crippen molar-refractivity contribution in [2.75, 3.05) is 0 Å². The van der Waals surface area contributed by atoms with Crippen LogP contribution in [0.25, 0.3) is 0 Å². The van der Waals surface area contributed by atoms with Gasteiger partial charge in [0, 0.05) is 12.0 Å². The molecule has 1 unspecified atom stereocenters. The topological polar surface area (TPSA) is 70.7 Å². The van der Waals surface area contributed by atoms with E-state index in [1.54, 1.807) is 0 Å². The number of amides is 1. The first-order valence-electron chi connectivity index (χ1n) is 7.29. The Hall–Kier alpha value is -1.39. The molecule has 2 N–H and O–H groups in total. The number of aromatic amines is 1. The molecule has 0 aliphatic heterocycles. The number of H-pyrrole nitrogens is 1. The Morgan fingerprint density at radius 2 is 2.11 bits per heavy atom. The minimum absolute atomic E-state index is 0.166. The fraction of sp³-hybridized carbons (Fsp3) is 0.786. The van der Waals surface area contributed by atoms with E-state index in [4.69, 9.17) is 0 Å². The van der Waals surface area contributed by atoms with E-state index in [0.717, 1.165) is 37.4 Å². The van der Waals surface area contributed by atoms with Crippen LogP contribution in [0, 0.1) is 5.92 Å². The number of hydrogen-bond donors (Lipinski definition) is 2. The lowest BCUT2D eigenvalue weighted by molar-refractivity contribution is 0.0927. The van der Waals surface area contributed by atoms with Crippen molar-refractivity contribution in [1.82, 2.24) is 20.5 Å². The van der Waals surface area contributed by atoms with Crippen LogP contribution in [0.3, 0.4) is 0 Å². The molecule has 0 spiro atoms. The Bertz CT molecular complexity index is 423. The first-order valence-corrected chi connectivity index (χ1v) is 7.29. The highest BCUT2D eigenvalue weighted by atomic mass is 16.2. The van der Waals surface area contributed by atoms with Gasteiger partial charge < -0.3 is 5.32 Å². The average molecular weight is 264 g/mol. The summed E-state index contributed by atoms with van der Waals surface area (Å²) in [5.74, 6) is 2.19. The van der Waals surface area contributed by atoms with Gasteiger partial charge in [-0.2, -0.15) is 0 Å². The van der Waals surface area contributed by atoms with Crippen LogP contribution in [-0.2, 0) is 0 Å². The third kappa shape index (κ3) is 4.33. The van der Waals surface area contributed by atoms with Crippen LogP contribution < -0.4 is 5.32 Å². The lowest BCUT2D eigenvalue weighted by Crippen LogP contribution is -2.33. The molecule has 0 radical (unpaired) electrons. The normalized spacial score (nSPS) is 16.6. The van der Waals surface area contributed by atoms with Gasteiger partial charge in [0.2, 0.25) is 5.82 Å². The third-order valence-corrected chi connectivity index (χ3v) is 3.47. The van der Waals surface area contributed by atoms with E-state index in [1.807, 2.05) is 6.92 Å². The van der Waals surface area contributed by atoms with Crippen molar-refractivity contribution in [1.29, 1.82) is 0 Å². The van der Waals surface area contributed by atoms with E-state index < -0.39 is 0 Å². The fourth-order valence-corrected chi connectivity index (χ4v) is 2.11. The van der Waals surface area contributed by atoms with Crippen molar-refractivity contribution < 1.29 is 4.79 Å². The summed E-state index contributed by atoms with van der Waals surface area (Å²) in [7, 11) is 0. The van der Waals surface area contributed by atoms with Gasteiger partial charge in [-0.3, -0.25) is 9.89 Å². The van der Waals surface area contributed by atoms with Crippen molar-refractivity contribution in [3.63, 3.8) is 0 Å². The molecule has 0 saturated heterocycles. The molecule has 1 atom stereocenters. The maximum Gasteiger partial charge on any atom is 0.291 e. The van der Waals surface area contributed by atoms with Crippen LogP contribution >= 0.6 is 0 Å². The van der Waals surface area contributed by atoms with Crippen molar-refractivity contribution in [3.05, 3.63) is 11.6 Å². The quantitative estimate of drug-likeness (QED) is 0.795. The fourth-order valence-electron chi connectivity index (χ4n) is 2.11. The molecule has 1 heterocycles. The van der Waals surface area contributed by atoms with E-state index >= 15 is 0 Å². The molecule has 1 fully saturated rings. The van der Waals surface area contributed by atoms with Gasteiger partial charge in [0.1, 0.15) is 5.82 Å². The van der Waals surface area contributed by atoms with Crippen molar-refractivity contribution in [2.45, 2.75) is 64.8 Å². The lowest BCUT2D eigenvalue weighted by atomic mass is 10.0. The SMILES string of the molecule is CC(C)CCCC(C)NC(=O)c1n[nH]c(C2CC2)n1. The standard InChI is InChI=1S/C14H24N4O/c1-9(2)5-4-6-10(3)15-14(19)13-16-12(17-18-13)11-7-8-11/h9-11H,4-8H2,1-3H3,(H,15,19)(H,16,17,18). The van der Waals surface area contributed by atoms with Crippen LogP contribution in [-0.4, -0.2) is 27.1 Å². The zero-order valence-corrected chi connectivity index (χ0v) is 12.1. The minimum atomic E-state index is -0.166. The molecule has 5 nitrogen and oxygen atoms in total. The van der Waals surface area contributed by atoms with Crippen LogP contribution in [0.5, 0.6) is 0 Å². The molecule has 1 saturated carbocycles. The smallest absolute Gasteiger partial charge is 0.291 e. The Morgan fingerprint density at radius 1 is 1.37 bits per heavy atom. The largest absolute Gasteiger partial charge is 0.347 e. The summed E-state index contributed by atoms with van der Waals surface area (Å²) in [6.45, 7) is 6.47. The number of hydrogen-bond acceptors (Lipinski definition) is 3. The van der Waals surface area contributed by atoms with E-state index in [1.165, 1.54) is 6.42 Å². The Kier molecular flexibility index (Phi) is 4.56. The van der Waals surface area contributed by atoms with E-state index in [2.05, 4.69) is 34.3 Å². The van der Waals surface area contributed by atoms with Crippen molar-refractivity contribution >= 4 is 5.91 Å². The second-order valence-electron chi connectivity index (χ2n) is 6.02. The molecule has 0 aromatic carbocycles. The van der Waals surface area contributed by atoms with Gasteiger partial charge in [-0.15, -0.1) is 5.10 Å². The maximum atomic E-state index is 12.0. The van der Waals surface area contributed by atoms with Crippen molar-refractivity contribution in [2.24, 2.45) is 5.92 Å². The molecule has 106 valence electrons. The number of nitrogens with one attached hydrogen (secondary N) is 2. The van der Waals surface area contributed by atoms with E-state index in [-0.39, 0.29) is 17.8 Å². The number of carbonyl (C=O) groups excluding carboxylic acids is 1. The molecule has 1 aliphatic rings. The summed E-state index contributed by atoms with van der Waals surface area (Å²) in [6, 6.07) is 0.175. The predicted octanol–water partition coefficient (Wildman–Crippen LogP) is 2.63. The number of nitrogens with zero attached hydrogens (tertiary/aromatic N) is 2. The Labute approximate surface area is 114 Å². The highest BCUT2D eigenvalue weighted by Gasteiger charge is 2.28. The van der Waals surface area contributed by atoms with Gasteiger partial charge in [0.25, 0.3) is 5.91 Å². The second-order valence-corrected chi connectivity index (χ2v) is 6.02. The van der Waals surface area contributed by atoms with Gasteiger partial charge in [-0.1, -0.05) is 26.7 Å². The lowest BCUT2D eigenvalue weighted by Gasteiger charge is -2.13. The van der Waals surface area contributed by atoms with Crippen LogP contribution in [0.15, 0.2) is 0 Å². The van der Waals surface area contributed by atoms with Crippen LogP contribution in [0.4, 0.5) is 0 Å². The Morgan fingerprint density at radius 3 is 2.74 bits per heavy atom. The molecule has 19 heavy (non-hydrogen) atoms. The van der Waals surface area contributed by atoms with Crippen molar-refractivity contribution in [3.8, 4) is 0 Å². The molecule has 2 rings (SSSR count). The third-order valence-electron chi connectivity index (χ3n) is 3.47. The summed E-state index contributed by atoms with van der Waals surface area (Å²) in [4.78, 5) is 16.2. The second kappa shape index (κ2) is 6.17. The van der Waals surface area contributed by atoms with Gasteiger partial charge in [-0.05, 0) is 32.1 Å². The van der Waals surface area contributed by atoms with Gasteiger partial charge in [0.15, 0.2) is 0 Å². The first kappa shape index (κ1) is 14.0. The zero-order chi connectivity index (χ0) is 13.8. The number of rotatable bonds is 7. The van der Waals surface area contributed by atoms with E-state index in [0.29, 0.717) is 5.92 Å². The maximum absolute atomic E-state index is 12.0.